The molecule has 0 unspecified atom stereocenters. The molecule has 0 saturated carbocycles. The summed E-state index contributed by atoms with van der Waals surface area (Å²) in [6, 6.07) is 18.2. The fourth-order valence-electron chi connectivity index (χ4n) is 2.76. The van der Waals surface area contributed by atoms with Crippen LogP contribution in [-0.4, -0.2) is 37.1 Å². The van der Waals surface area contributed by atoms with Crippen molar-refractivity contribution in [2.75, 3.05) is 26.3 Å². The average molecular weight is 336 g/mol. The summed E-state index contributed by atoms with van der Waals surface area (Å²) in [6.45, 7) is 5.12. The molecule has 0 bridgehead atoms. The van der Waals surface area contributed by atoms with Crippen molar-refractivity contribution in [1.82, 2.24) is 10.2 Å². The Labute approximate surface area is 149 Å². The average Bonchev–Trinajstić information content (AvgIpc) is 2.67. The van der Waals surface area contributed by atoms with E-state index in [0.717, 1.165) is 44.0 Å². The lowest BCUT2D eigenvalue weighted by Crippen LogP contribution is -2.35. The van der Waals surface area contributed by atoms with Crippen LogP contribution in [0.2, 0.25) is 0 Å². The van der Waals surface area contributed by atoms with Crippen LogP contribution in [0.25, 0.3) is 6.08 Å². The molecule has 1 amide bonds. The van der Waals surface area contributed by atoms with Crippen LogP contribution in [0.4, 0.5) is 0 Å². The molecule has 3 rings (SSSR count). The first kappa shape index (κ1) is 17.4. The summed E-state index contributed by atoms with van der Waals surface area (Å²) < 4.78 is 5.37. The molecule has 2 aromatic carbocycles. The summed E-state index contributed by atoms with van der Waals surface area (Å²) in [5, 5.41) is 2.92. The van der Waals surface area contributed by atoms with Gasteiger partial charge in [0.2, 0.25) is 5.91 Å². The number of nitrogens with zero attached hydrogens (tertiary/aromatic N) is 1. The quantitative estimate of drug-likeness (QED) is 0.825. The minimum Gasteiger partial charge on any atom is -0.379 e. The molecule has 1 N–H and O–H groups in total. The number of ether oxygens (including phenoxy) is 1. The molecular formula is C21H24N2O2. The lowest BCUT2D eigenvalue weighted by molar-refractivity contribution is -0.116. The number of carbonyl (C=O) groups excluding carboxylic acids is 1. The van der Waals surface area contributed by atoms with Crippen LogP contribution < -0.4 is 5.32 Å². The summed E-state index contributed by atoms with van der Waals surface area (Å²) in [5.74, 6) is -0.0822. The summed E-state index contributed by atoms with van der Waals surface area (Å²) in [7, 11) is 0. The Morgan fingerprint density at radius 3 is 2.40 bits per heavy atom. The third-order valence-corrected chi connectivity index (χ3v) is 4.23. The summed E-state index contributed by atoms with van der Waals surface area (Å²) in [6.07, 6.45) is 3.39. The Balaban J connectivity index is 1.45. The van der Waals surface area contributed by atoms with Gasteiger partial charge in [0, 0.05) is 32.3 Å². The topological polar surface area (TPSA) is 41.6 Å². The van der Waals surface area contributed by atoms with Crippen molar-refractivity contribution in [3.63, 3.8) is 0 Å². The zero-order valence-electron chi connectivity index (χ0n) is 14.4. The van der Waals surface area contributed by atoms with Crippen LogP contribution in [0, 0.1) is 0 Å². The predicted octanol–water partition coefficient (Wildman–Crippen LogP) is 2.85. The van der Waals surface area contributed by atoms with Crippen LogP contribution in [0.1, 0.15) is 16.7 Å². The van der Waals surface area contributed by atoms with Gasteiger partial charge in [0.15, 0.2) is 0 Å². The van der Waals surface area contributed by atoms with Gasteiger partial charge >= 0.3 is 0 Å². The van der Waals surface area contributed by atoms with Crippen LogP contribution in [0.3, 0.4) is 0 Å². The van der Waals surface area contributed by atoms with Gasteiger partial charge < -0.3 is 10.1 Å². The van der Waals surface area contributed by atoms with Crippen LogP contribution in [0.5, 0.6) is 0 Å². The van der Waals surface area contributed by atoms with Crippen molar-refractivity contribution in [1.29, 1.82) is 0 Å². The first-order valence-corrected chi connectivity index (χ1v) is 8.68. The van der Waals surface area contributed by atoms with E-state index in [-0.39, 0.29) is 5.91 Å². The number of benzene rings is 2. The van der Waals surface area contributed by atoms with Crippen molar-refractivity contribution in [2.45, 2.75) is 13.1 Å². The highest BCUT2D eigenvalue weighted by atomic mass is 16.5. The standard InChI is InChI=1S/C21H24N2O2/c24-21(11-10-18-4-2-1-3-5-18)22-16-19-6-8-20(9-7-19)17-23-12-14-25-15-13-23/h1-11H,12-17H2,(H,22,24)/b11-10+. The lowest BCUT2D eigenvalue weighted by atomic mass is 10.1. The van der Waals surface area contributed by atoms with Crippen molar-refractivity contribution in [2.24, 2.45) is 0 Å². The molecule has 0 aromatic heterocycles. The van der Waals surface area contributed by atoms with Crippen LogP contribution in [0.15, 0.2) is 60.7 Å². The number of morpholine rings is 1. The van der Waals surface area contributed by atoms with Gasteiger partial charge in [0.25, 0.3) is 0 Å². The van der Waals surface area contributed by atoms with E-state index in [4.69, 9.17) is 4.74 Å². The van der Waals surface area contributed by atoms with Crippen molar-refractivity contribution >= 4 is 12.0 Å². The SMILES string of the molecule is O=C(/C=C/c1ccccc1)NCc1ccc(CN2CCOCC2)cc1. The normalized spacial score (nSPS) is 15.4. The highest BCUT2D eigenvalue weighted by Gasteiger charge is 2.10. The lowest BCUT2D eigenvalue weighted by Gasteiger charge is -2.26. The predicted molar refractivity (Wildman–Crippen MR) is 99.9 cm³/mol. The van der Waals surface area contributed by atoms with E-state index in [1.165, 1.54) is 5.56 Å². The Kier molecular flexibility index (Phi) is 6.37. The maximum Gasteiger partial charge on any atom is 0.244 e. The zero-order chi connectivity index (χ0) is 17.3. The number of amides is 1. The van der Waals surface area contributed by atoms with Gasteiger partial charge in [0.1, 0.15) is 0 Å². The number of nitrogens with one attached hydrogen (secondary N) is 1. The molecule has 130 valence electrons. The third-order valence-electron chi connectivity index (χ3n) is 4.23. The van der Waals surface area contributed by atoms with Gasteiger partial charge in [-0.1, -0.05) is 54.6 Å². The van der Waals surface area contributed by atoms with Gasteiger partial charge in [-0.05, 0) is 22.8 Å². The van der Waals surface area contributed by atoms with E-state index in [1.54, 1.807) is 6.08 Å². The molecule has 1 aliphatic heterocycles. The molecular weight excluding hydrogens is 312 g/mol. The second-order valence-corrected chi connectivity index (χ2v) is 6.17. The Hall–Kier alpha value is -2.43. The molecule has 1 saturated heterocycles. The fraction of sp³-hybridized carbons (Fsp3) is 0.286. The number of hydrogen-bond acceptors (Lipinski definition) is 3. The highest BCUT2D eigenvalue weighted by Crippen LogP contribution is 2.09. The molecule has 4 nitrogen and oxygen atoms in total. The second kappa shape index (κ2) is 9.16. The molecule has 0 atom stereocenters. The molecule has 1 aliphatic rings. The van der Waals surface area contributed by atoms with Crippen LogP contribution in [-0.2, 0) is 22.6 Å². The van der Waals surface area contributed by atoms with Crippen molar-refractivity contribution in [3.05, 3.63) is 77.4 Å². The van der Waals surface area contributed by atoms with E-state index >= 15 is 0 Å². The van der Waals surface area contributed by atoms with Gasteiger partial charge in [-0.3, -0.25) is 9.69 Å². The van der Waals surface area contributed by atoms with Crippen molar-refractivity contribution in [3.8, 4) is 0 Å². The summed E-state index contributed by atoms with van der Waals surface area (Å²) in [4.78, 5) is 14.3. The molecule has 1 heterocycles. The molecule has 2 aromatic rings. The highest BCUT2D eigenvalue weighted by molar-refractivity contribution is 5.91. The fourth-order valence-corrected chi connectivity index (χ4v) is 2.76. The second-order valence-electron chi connectivity index (χ2n) is 6.17. The van der Waals surface area contributed by atoms with E-state index in [1.807, 2.05) is 36.4 Å². The Morgan fingerprint density at radius 2 is 1.68 bits per heavy atom. The Morgan fingerprint density at radius 1 is 1.00 bits per heavy atom. The van der Waals surface area contributed by atoms with Crippen molar-refractivity contribution < 1.29 is 9.53 Å². The largest absolute Gasteiger partial charge is 0.379 e. The van der Waals surface area contributed by atoms with Gasteiger partial charge in [-0.25, -0.2) is 0 Å². The first-order chi connectivity index (χ1) is 12.3. The van der Waals surface area contributed by atoms with E-state index in [9.17, 15) is 4.79 Å². The van der Waals surface area contributed by atoms with E-state index in [2.05, 4.69) is 34.5 Å². The molecule has 0 aliphatic carbocycles. The minimum absolute atomic E-state index is 0.0822. The van der Waals surface area contributed by atoms with E-state index < -0.39 is 0 Å². The van der Waals surface area contributed by atoms with Gasteiger partial charge in [-0.15, -0.1) is 0 Å². The maximum absolute atomic E-state index is 11.9. The molecule has 1 fully saturated rings. The third kappa shape index (κ3) is 5.85. The number of rotatable bonds is 6. The smallest absolute Gasteiger partial charge is 0.244 e. The van der Waals surface area contributed by atoms with E-state index in [0.29, 0.717) is 6.54 Å². The first-order valence-electron chi connectivity index (χ1n) is 8.68. The summed E-state index contributed by atoms with van der Waals surface area (Å²) in [5.41, 5.74) is 3.42. The molecule has 0 spiro atoms. The van der Waals surface area contributed by atoms with Gasteiger partial charge in [-0.2, -0.15) is 0 Å². The Bertz CT molecular complexity index is 690. The monoisotopic (exact) mass is 336 g/mol. The maximum atomic E-state index is 11.9. The molecule has 4 heteroatoms. The number of hydrogen-bond donors (Lipinski definition) is 1. The van der Waals surface area contributed by atoms with Crippen LogP contribution >= 0.6 is 0 Å². The minimum atomic E-state index is -0.0822. The molecule has 0 radical (unpaired) electrons. The number of carbonyl (C=O) groups is 1. The molecule has 25 heavy (non-hydrogen) atoms. The summed E-state index contributed by atoms with van der Waals surface area (Å²) >= 11 is 0. The zero-order valence-corrected chi connectivity index (χ0v) is 14.4. The van der Waals surface area contributed by atoms with Gasteiger partial charge in [0.05, 0.1) is 13.2 Å².